The van der Waals surface area contributed by atoms with Gasteiger partial charge in [-0.25, -0.2) is 0 Å². The minimum Gasteiger partial charge on any atom is -0.346 e. The highest BCUT2D eigenvalue weighted by atomic mass is 19.4. The number of amides is 2. The standard InChI is InChI=1S/C14H24F3N3O2/c1-11(18-9-12(21)19-10-14(15,16)17)8-13(22)20-6-4-2-3-5-7-20/h11,18H,2-10H2,1H3,(H,19,21). The number of rotatable bonds is 6. The number of nitrogens with one attached hydrogen (secondary N) is 2. The molecule has 128 valence electrons. The van der Waals surface area contributed by atoms with Gasteiger partial charge in [0, 0.05) is 25.6 Å². The van der Waals surface area contributed by atoms with Crippen molar-refractivity contribution in [3.05, 3.63) is 0 Å². The fourth-order valence-corrected chi connectivity index (χ4v) is 2.31. The van der Waals surface area contributed by atoms with E-state index in [-0.39, 0.29) is 24.9 Å². The molecule has 2 N–H and O–H groups in total. The van der Waals surface area contributed by atoms with E-state index in [0.29, 0.717) is 0 Å². The first-order chi connectivity index (χ1) is 10.3. The largest absolute Gasteiger partial charge is 0.405 e. The first-order valence-corrected chi connectivity index (χ1v) is 7.62. The Hall–Kier alpha value is -1.31. The molecular weight excluding hydrogens is 299 g/mol. The average molecular weight is 323 g/mol. The fraction of sp³-hybridized carbons (Fsp3) is 0.857. The molecule has 2 amide bonds. The highest BCUT2D eigenvalue weighted by molar-refractivity contribution is 5.79. The fourth-order valence-electron chi connectivity index (χ4n) is 2.31. The van der Waals surface area contributed by atoms with Crippen LogP contribution < -0.4 is 10.6 Å². The second-order valence-electron chi connectivity index (χ2n) is 5.67. The number of carbonyl (C=O) groups is 2. The number of alkyl halides is 3. The molecule has 1 heterocycles. The number of carbonyl (C=O) groups excluding carboxylic acids is 2. The van der Waals surface area contributed by atoms with Crippen molar-refractivity contribution in [3.63, 3.8) is 0 Å². The van der Waals surface area contributed by atoms with E-state index in [4.69, 9.17) is 0 Å². The van der Waals surface area contributed by atoms with Crippen LogP contribution in [-0.4, -0.2) is 55.1 Å². The Bertz CT molecular complexity index is 367. The van der Waals surface area contributed by atoms with Crippen LogP contribution in [0.25, 0.3) is 0 Å². The van der Waals surface area contributed by atoms with Gasteiger partial charge < -0.3 is 15.5 Å². The third-order valence-corrected chi connectivity index (χ3v) is 3.54. The summed E-state index contributed by atoms with van der Waals surface area (Å²) in [5, 5.41) is 4.56. The Morgan fingerprint density at radius 2 is 1.73 bits per heavy atom. The Balaban J connectivity index is 2.23. The monoisotopic (exact) mass is 323 g/mol. The minimum absolute atomic E-state index is 0.0256. The number of hydrogen-bond acceptors (Lipinski definition) is 3. The van der Waals surface area contributed by atoms with Gasteiger partial charge in [-0.15, -0.1) is 0 Å². The summed E-state index contributed by atoms with van der Waals surface area (Å²) in [4.78, 5) is 25.2. The van der Waals surface area contributed by atoms with Gasteiger partial charge in [0.1, 0.15) is 6.54 Å². The summed E-state index contributed by atoms with van der Waals surface area (Å²) in [5.74, 6) is -0.705. The lowest BCUT2D eigenvalue weighted by Crippen LogP contribution is -2.43. The summed E-state index contributed by atoms with van der Waals surface area (Å²) in [6.45, 7) is 1.70. The lowest BCUT2D eigenvalue weighted by atomic mass is 10.2. The molecular formula is C14H24F3N3O2. The number of likely N-dealkylation sites (tertiary alicyclic amines) is 1. The van der Waals surface area contributed by atoms with Gasteiger partial charge in [-0.3, -0.25) is 9.59 Å². The van der Waals surface area contributed by atoms with E-state index in [2.05, 4.69) is 5.32 Å². The zero-order chi connectivity index (χ0) is 16.6. The van der Waals surface area contributed by atoms with Crippen LogP contribution in [0.5, 0.6) is 0 Å². The van der Waals surface area contributed by atoms with Crippen LogP contribution >= 0.6 is 0 Å². The van der Waals surface area contributed by atoms with Gasteiger partial charge in [0.25, 0.3) is 0 Å². The summed E-state index contributed by atoms with van der Waals surface area (Å²) >= 11 is 0. The zero-order valence-corrected chi connectivity index (χ0v) is 12.8. The molecule has 0 spiro atoms. The van der Waals surface area contributed by atoms with E-state index in [1.807, 2.05) is 4.90 Å². The summed E-state index contributed by atoms with van der Waals surface area (Å²) in [7, 11) is 0. The zero-order valence-electron chi connectivity index (χ0n) is 12.8. The normalized spacial score (nSPS) is 17.7. The van der Waals surface area contributed by atoms with Gasteiger partial charge >= 0.3 is 6.18 Å². The highest BCUT2D eigenvalue weighted by Gasteiger charge is 2.27. The quantitative estimate of drug-likeness (QED) is 0.777. The molecule has 0 aliphatic carbocycles. The van der Waals surface area contributed by atoms with Gasteiger partial charge in [0.2, 0.25) is 11.8 Å². The molecule has 5 nitrogen and oxygen atoms in total. The summed E-state index contributed by atoms with van der Waals surface area (Å²) < 4.78 is 35.8. The molecule has 0 aromatic heterocycles. The molecule has 0 saturated carbocycles. The molecule has 22 heavy (non-hydrogen) atoms. The molecule has 1 aliphatic rings. The molecule has 0 bridgehead atoms. The van der Waals surface area contributed by atoms with Gasteiger partial charge in [0.15, 0.2) is 0 Å². The van der Waals surface area contributed by atoms with Crippen molar-refractivity contribution in [2.45, 2.75) is 51.2 Å². The maximum Gasteiger partial charge on any atom is 0.405 e. The van der Waals surface area contributed by atoms with Gasteiger partial charge in [-0.1, -0.05) is 12.8 Å². The van der Waals surface area contributed by atoms with Crippen molar-refractivity contribution in [2.24, 2.45) is 0 Å². The molecule has 1 saturated heterocycles. The van der Waals surface area contributed by atoms with Crippen LogP contribution in [0.4, 0.5) is 13.2 Å². The van der Waals surface area contributed by atoms with Crippen molar-refractivity contribution in [3.8, 4) is 0 Å². The summed E-state index contributed by atoms with van der Waals surface area (Å²) in [5.41, 5.74) is 0. The first-order valence-electron chi connectivity index (χ1n) is 7.62. The maximum atomic E-state index is 12.1. The molecule has 1 fully saturated rings. The van der Waals surface area contributed by atoms with Crippen LogP contribution in [0.3, 0.4) is 0 Å². The third-order valence-electron chi connectivity index (χ3n) is 3.54. The third kappa shape index (κ3) is 8.21. The predicted octanol–water partition coefficient (Wildman–Crippen LogP) is 1.44. The molecule has 0 radical (unpaired) electrons. The molecule has 1 atom stereocenters. The van der Waals surface area contributed by atoms with E-state index in [1.54, 1.807) is 12.2 Å². The first kappa shape index (κ1) is 18.7. The molecule has 8 heteroatoms. The van der Waals surface area contributed by atoms with E-state index >= 15 is 0 Å². The van der Waals surface area contributed by atoms with E-state index in [0.717, 1.165) is 38.8 Å². The molecule has 0 aromatic rings. The Morgan fingerprint density at radius 3 is 2.27 bits per heavy atom. The van der Waals surface area contributed by atoms with E-state index in [1.165, 1.54) is 0 Å². The lowest BCUT2D eigenvalue weighted by Gasteiger charge is -2.22. The van der Waals surface area contributed by atoms with Crippen LogP contribution in [0.2, 0.25) is 0 Å². The second kappa shape index (κ2) is 8.97. The van der Waals surface area contributed by atoms with Crippen molar-refractivity contribution >= 4 is 11.8 Å². The molecule has 0 aromatic carbocycles. The lowest BCUT2D eigenvalue weighted by molar-refractivity contribution is -0.138. The van der Waals surface area contributed by atoms with Gasteiger partial charge in [-0.05, 0) is 19.8 Å². The number of nitrogens with zero attached hydrogens (tertiary/aromatic N) is 1. The van der Waals surface area contributed by atoms with E-state index < -0.39 is 18.6 Å². The number of halogens is 3. The Kier molecular flexibility index (Phi) is 7.64. The van der Waals surface area contributed by atoms with E-state index in [9.17, 15) is 22.8 Å². The molecule has 1 aliphatic heterocycles. The van der Waals surface area contributed by atoms with Crippen LogP contribution in [0, 0.1) is 0 Å². The number of hydrogen-bond donors (Lipinski definition) is 2. The van der Waals surface area contributed by atoms with Crippen molar-refractivity contribution in [1.29, 1.82) is 0 Å². The average Bonchev–Trinajstić information content (AvgIpc) is 2.71. The maximum absolute atomic E-state index is 12.1. The van der Waals surface area contributed by atoms with Gasteiger partial charge in [-0.2, -0.15) is 13.2 Å². The van der Waals surface area contributed by atoms with Crippen LogP contribution in [0.1, 0.15) is 39.0 Å². The Morgan fingerprint density at radius 1 is 1.14 bits per heavy atom. The molecule has 1 unspecified atom stereocenters. The van der Waals surface area contributed by atoms with Crippen molar-refractivity contribution in [1.82, 2.24) is 15.5 Å². The second-order valence-corrected chi connectivity index (χ2v) is 5.67. The van der Waals surface area contributed by atoms with Gasteiger partial charge in [0.05, 0.1) is 6.54 Å². The minimum atomic E-state index is -4.41. The van der Waals surface area contributed by atoms with Crippen molar-refractivity contribution in [2.75, 3.05) is 26.2 Å². The highest BCUT2D eigenvalue weighted by Crippen LogP contribution is 2.12. The van der Waals surface area contributed by atoms with Crippen LogP contribution in [-0.2, 0) is 9.59 Å². The summed E-state index contributed by atoms with van der Waals surface area (Å²) in [6, 6.07) is -0.257. The SMILES string of the molecule is CC(CC(=O)N1CCCCCC1)NCC(=O)NCC(F)(F)F. The topological polar surface area (TPSA) is 61.4 Å². The van der Waals surface area contributed by atoms with Crippen molar-refractivity contribution < 1.29 is 22.8 Å². The Labute approximate surface area is 128 Å². The van der Waals surface area contributed by atoms with Crippen LogP contribution in [0.15, 0.2) is 0 Å². The molecule has 1 rings (SSSR count). The smallest absolute Gasteiger partial charge is 0.346 e. The predicted molar refractivity (Wildman–Crippen MR) is 76.2 cm³/mol. The summed E-state index contributed by atoms with van der Waals surface area (Å²) in [6.07, 6.45) is 0.116.